The minimum absolute atomic E-state index is 0.0657. The number of anilines is 2. The number of carbonyl (C=O) groups is 1. The van der Waals surface area contributed by atoms with Gasteiger partial charge >= 0.3 is 0 Å². The highest BCUT2D eigenvalue weighted by molar-refractivity contribution is 7.92. The number of benzene rings is 2. The normalized spacial score (nSPS) is 12.1. The van der Waals surface area contributed by atoms with E-state index in [-0.39, 0.29) is 10.5 Å². The quantitative estimate of drug-likeness (QED) is 0.718. The summed E-state index contributed by atoms with van der Waals surface area (Å²) < 4.78 is 51.7. The minimum atomic E-state index is -3.71. The summed E-state index contributed by atoms with van der Waals surface area (Å²) in [6, 6.07) is 7.78. The lowest BCUT2D eigenvalue weighted by molar-refractivity contribution is 0.102. The summed E-state index contributed by atoms with van der Waals surface area (Å²) in [5, 5.41) is 2.68. The van der Waals surface area contributed by atoms with Crippen LogP contribution in [-0.2, 0) is 20.0 Å². The number of hydrogen-bond donors (Lipinski definition) is 2. The first-order valence-electron chi connectivity index (χ1n) is 8.66. The van der Waals surface area contributed by atoms with Gasteiger partial charge in [-0.05, 0) is 61.7 Å². The molecular formula is C19H25N3O5S2. The second-order valence-corrected chi connectivity index (χ2v) is 10.9. The smallest absolute Gasteiger partial charge is 0.255 e. The van der Waals surface area contributed by atoms with Crippen molar-refractivity contribution in [3.63, 3.8) is 0 Å². The van der Waals surface area contributed by atoms with E-state index in [1.165, 1.54) is 26.2 Å². The highest BCUT2D eigenvalue weighted by atomic mass is 32.2. The van der Waals surface area contributed by atoms with Crippen molar-refractivity contribution in [1.82, 2.24) is 4.31 Å². The van der Waals surface area contributed by atoms with Gasteiger partial charge in [-0.3, -0.25) is 9.52 Å². The van der Waals surface area contributed by atoms with E-state index >= 15 is 0 Å². The Balaban J connectivity index is 2.42. The summed E-state index contributed by atoms with van der Waals surface area (Å²) in [4.78, 5) is 12.8. The van der Waals surface area contributed by atoms with Crippen LogP contribution in [0.25, 0.3) is 0 Å². The fourth-order valence-corrected chi connectivity index (χ4v) is 4.47. The molecule has 1 amide bonds. The van der Waals surface area contributed by atoms with Crippen molar-refractivity contribution < 1.29 is 21.6 Å². The molecule has 2 aromatic rings. The number of carbonyl (C=O) groups excluding carboxylic acids is 1. The maximum atomic E-state index is 12.7. The van der Waals surface area contributed by atoms with Crippen LogP contribution in [0.15, 0.2) is 35.2 Å². The molecule has 0 saturated heterocycles. The molecule has 0 aliphatic carbocycles. The van der Waals surface area contributed by atoms with Gasteiger partial charge in [0.1, 0.15) is 0 Å². The van der Waals surface area contributed by atoms with E-state index in [4.69, 9.17) is 0 Å². The van der Waals surface area contributed by atoms with E-state index in [1.54, 1.807) is 39.0 Å². The Hall–Kier alpha value is -2.43. The van der Waals surface area contributed by atoms with Gasteiger partial charge in [0.25, 0.3) is 5.91 Å². The average molecular weight is 440 g/mol. The molecule has 0 atom stereocenters. The number of aryl methyl sites for hydroxylation is 2. The lowest BCUT2D eigenvalue weighted by atomic mass is 10.1. The second kappa shape index (κ2) is 8.13. The van der Waals surface area contributed by atoms with Crippen LogP contribution in [0.1, 0.15) is 27.0 Å². The summed E-state index contributed by atoms with van der Waals surface area (Å²) >= 11 is 0. The molecule has 0 spiro atoms. The Morgan fingerprint density at radius 2 is 1.55 bits per heavy atom. The molecule has 0 fully saturated rings. The van der Waals surface area contributed by atoms with E-state index in [0.29, 0.717) is 28.1 Å². The van der Waals surface area contributed by atoms with Crippen LogP contribution in [0.4, 0.5) is 11.4 Å². The molecule has 0 bridgehead atoms. The van der Waals surface area contributed by atoms with Gasteiger partial charge in [0.05, 0.1) is 16.8 Å². The zero-order valence-electron chi connectivity index (χ0n) is 17.2. The molecule has 0 saturated carbocycles. The molecule has 10 heteroatoms. The Labute approximate surface area is 172 Å². The number of hydrogen-bond acceptors (Lipinski definition) is 5. The van der Waals surface area contributed by atoms with Gasteiger partial charge in [0, 0.05) is 25.3 Å². The maximum Gasteiger partial charge on any atom is 0.255 e. The molecule has 2 rings (SSSR count). The third-order valence-corrected chi connectivity index (χ3v) is 6.96. The monoisotopic (exact) mass is 439 g/mol. The maximum absolute atomic E-state index is 12.7. The van der Waals surface area contributed by atoms with Crippen molar-refractivity contribution in [2.45, 2.75) is 25.7 Å². The summed E-state index contributed by atoms with van der Waals surface area (Å²) in [6.45, 7) is 5.16. The van der Waals surface area contributed by atoms with Gasteiger partial charge < -0.3 is 5.32 Å². The van der Waals surface area contributed by atoms with Crippen LogP contribution in [0.2, 0.25) is 0 Å². The van der Waals surface area contributed by atoms with Crippen LogP contribution >= 0.6 is 0 Å². The lowest BCUT2D eigenvalue weighted by Crippen LogP contribution is -2.24. The lowest BCUT2D eigenvalue weighted by Gasteiger charge is -2.17. The average Bonchev–Trinajstić information content (AvgIpc) is 2.58. The molecule has 29 heavy (non-hydrogen) atoms. The largest absolute Gasteiger partial charge is 0.322 e. The Bertz CT molecular complexity index is 1170. The Morgan fingerprint density at radius 3 is 2.10 bits per heavy atom. The topological polar surface area (TPSA) is 113 Å². The highest BCUT2D eigenvalue weighted by Crippen LogP contribution is 2.25. The van der Waals surface area contributed by atoms with Gasteiger partial charge in [-0.2, -0.15) is 0 Å². The SMILES string of the molecule is Cc1ccc(NC(=O)c2cc(C)c(C)c(S(=O)(=O)N(C)C)c2)cc1NS(C)(=O)=O. The molecule has 158 valence electrons. The first-order valence-corrected chi connectivity index (χ1v) is 12.0. The minimum Gasteiger partial charge on any atom is -0.322 e. The zero-order valence-corrected chi connectivity index (χ0v) is 18.8. The van der Waals surface area contributed by atoms with Crippen molar-refractivity contribution in [1.29, 1.82) is 0 Å². The third kappa shape index (κ3) is 5.34. The van der Waals surface area contributed by atoms with E-state index in [2.05, 4.69) is 10.0 Å². The molecule has 8 nitrogen and oxygen atoms in total. The van der Waals surface area contributed by atoms with Crippen LogP contribution in [-0.4, -0.2) is 47.4 Å². The molecule has 2 N–H and O–H groups in total. The fraction of sp³-hybridized carbons (Fsp3) is 0.316. The predicted octanol–water partition coefficient (Wildman–Crippen LogP) is 2.49. The van der Waals surface area contributed by atoms with E-state index in [9.17, 15) is 21.6 Å². The second-order valence-electron chi connectivity index (χ2n) is 7.06. The molecule has 0 aliphatic heterocycles. The first kappa shape index (κ1) is 22.9. The van der Waals surface area contributed by atoms with Crippen molar-refractivity contribution in [2.24, 2.45) is 0 Å². The molecule has 0 radical (unpaired) electrons. The number of rotatable bonds is 6. The van der Waals surface area contributed by atoms with Crippen LogP contribution in [0.3, 0.4) is 0 Å². The van der Waals surface area contributed by atoms with Crippen molar-refractivity contribution in [2.75, 3.05) is 30.4 Å². The van der Waals surface area contributed by atoms with Crippen molar-refractivity contribution >= 4 is 37.3 Å². The van der Waals surface area contributed by atoms with Gasteiger partial charge in [-0.25, -0.2) is 21.1 Å². The van der Waals surface area contributed by atoms with E-state index in [0.717, 1.165) is 10.6 Å². The van der Waals surface area contributed by atoms with Crippen LogP contribution < -0.4 is 10.0 Å². The van der Waals surface area contributed by atoms with E-state index < -0.39 is 26.0 Å². The van der Waals surface area contributed by atoms with Crippen LogP contribution in [0, 0.1) is 20.8 Å². The Kier molecular flexibility index (Phi) is 6.41. The summed E-state index contributed by atoms with van der Waals surface area (Å²) in [6.07, 6.45) is 1.04. The van der Waals surface area contributed by atoms with Gasteiger partial charge in [0.15, 0.2) is 0 Å². The number of nitrogens with one attached hydrogen (secondary N) is 2. The van der Waals surface area contributed by atoms with Crippen molar-refractivity contribution in [3.8, 4) is 0 Å². The zero-order chi connectivity index (χ0) is 22.1. The van der Waals surface area contributed by atoms with Crippen LogP contribution in [0.5, 0.6) is 0 Å². The fourth-order valence-electron chi connectivity index (χ4n) is 2.64. The summed E-state index contributed by atoms with van der Waals surface area (Å²) in [5.74, 6) is -0.502. The van der Waals surface area contributed by atoms with Gasteiger partial charge in [-0.1, -0.05) is 6.07 Å². The van der Waals surface area contributed by atoms with Gasteiger partial charge in [0.2, 0.25) is 20.0 Å². The number of amides is 1. The molecule has 0 unspecified atom stereocenters. The predicted molar refractivity (Wildman–Crippen MR) is 114 cm³/mol. The van der Waals surface area contributed by atoms with Crippen molar-refractivity contribution in [3.05, 3.63) is 52.6 Å². The summed E-state index contributed by atoms with van der Waals surface area (Å²) in [7, 11) is -4.33. The first-order chi connectivity index (χ1) is 13.2. The highest BCUT2D eigenvalue weighted by Gasteiger charge is 2.23. The number of nitrogens with zero attached hydrogens (tertiary/aromatic N) is 1. The standard InChI is InChI=1S/C19H25N3O5S2/c1-12-7-8-16(11-17(12)21-28(6,24)25)20-19(23)15-9-13(2)14(3)18(10-15)29(26,27)22(4)5/h7-11,21H,1-6H3,(H,20,23). The molecule has 0 heterocycles. The summed E-state index contributed by atoms with van der Waals surface area (Å²) in [5.41, 5.74) is 2.85. The molecular weight excluding hydrogens is 414 g/mol. The van der Waals surface area contributed by atoms with Gasteiger partial charge in [-0.15, -0.1) is 0 Å². The number of sulfonamides is 2. The van der Waals surface area contributed by atoms with E-state index in [1.807, 2.05) is 0 Å². The molecule has 2 aromatic carbocycles. The Morgan fingerprint density at radius 1 is 0.931 bits per heavy atom. The third-order valence-electron chi connectivity index (χ3n) is 4.43. The molecule has 0 aliphatic rings. The molecule has 0 aromatic heterocycles.